The van der Waals surface area contributed by atoms with E-state index in [9.17, 15) is 4.79 Å². The van der Waals surface area contributed by atoms with Crippen LogP contribution in [0.4, 0.5) is 0 Å². The number of carbonyl (C=O) groups is 1. The van der Waals surface area contributed by atoms with Gasteiger partial charge in [0, 0.05) is 49.6 Å². The van der Waals surface area contributed by atoms with Gasteiger partial charge in [-0.25, -0.2) is 0 Å². The van der Waals surface area contributed by atoms with Crippen LogP contribution in [0.25, 0.3) is 11.1 Å². The molecule has 0 atom stereocenters. The lowest BCUT2D eigenvalue weighted by molar-refractivity contribution is 0.0941. The van der Waals surface area contributed by atoms with Gasteiger partial charge in [-0.2, -0.15) is 0 Å². The Morgan fingerprint density at radius 3 is 2.67 bits per heavy atom. The molecule has 122 valence electrons. The monoisotopic (exact) mass is 320 g/mol. The molecule has 3 aromatic heterocycles. The first-order valence-corrected chi connectivity index (χ1v) is 8.05. The van der Waals surface area contributed by atoms with Crippen molar-refractivity contribution in [2.45, 2.75) is 26.4 Å². The smallest absolute Gasteiger partial charge is 0.268 e. The molecule has 0 unspecified atom stereocenters. The molecule has 1 N–H and O–H groups in total. The van der Waals surface area contributed by atoms with Crippen molar-refractivity contribution in [3.05, 3.63) is 72.6 Å². The molecule has 3 aromatic rings. The summed E-state index contributed by atoms with van der Waals surface area (Å²) >= 11 is 0. The average Bonchev–Trinajstić information content (AvgIpc) is 3.06. The Kier molecular flexibility index (Phi) is 5.01. The number of amides is 1. The number of nitrogens with zero attached hydrogens (tertiary/aromatic N) is 3. The molecule has 0 spiro atoms. The van der Waals surface area contributed by atoms with Crippen molar-refractivity contribution in [3.63, 3.8) is 0 Å². The summed E-state index contributed by atoms with van der Waals surface area (Å²) in [7, 11) is 0. The van der Waals surface area contributed by atoms with E-state index in [4.69, 9.17) is 0 Å². The van der Waals surface area contributed by atoms with E-state index in [2.05, 4.69) is 22.2 Å². The van der Waals surface area contributed by atoms with Crippen LogP contribution >= 0.6 is 0 Å². The lowest BCUT2D eigenvalue weighted by Gasteiger charge is -2.08. The first-order valence-electron chi connectivity index (χ1n) is 8.05. The van der Waals surface area contributed by atoms with E-state index in [0.717, 1.165) is 29.7 Å². The average molecular weight is 320 g/mol. The van der Waals surface area contributed by atoms with Gasteiger partial charge < -0.3 is 9.88 Å². The maximum absolute atomic E-state index is 12.6. The second-order valence-corrected chi connectivity index (χ2v) is 5.59. The van der Waals surface area contributed by atoms with E-state index < -0.39 is 0 Å². The third kappa shape index (κ3) is 3.68. The zero-order valence-corrected chi connectivity index (χ0v) is 13.6. The molecule has 24 heavy (non-hydrogen) atoms. The van der Waals surface area contributed by atoms with E-state index in [-0.39, 0.29) is 5.91 Å². The summed E-state index contributed by atoms with van der Waals surface area (Å²) in [4.78, 5) is 20.7. The Morgan fingerprint density at radius 1 is 1.12 bits per heavy atom. The number of aromatic nitrogens is 3. The number of hydrogen-bond acceptors (Lipinski definition) is 3. The minimum Gasteiger partial charge on any atom is -0.347 e. The molecule has 0 aliphatic rings. The first kappa shape index (κ1) is 15.9. The molecule has 0 saturated carbocycles. The number of rotatable bonds is 6. The van der Waals surface area contributed by atoms with Crippen LogP contribution in [-0.2, 0) is 13.1 Å². The zero-order chi connectivity index (χ0) is 16.8. The Labute approximate surface area is 141 Å². The number of pyridine rings is 2. The molecule has 0 saturated heterocycles. The summed E-state index contributed by atoms with van der Waals surface area (Å²) in [6.07, 6.45) is 9.99. The Hall–Kier alpha value is -2.95. The van der Waals surface area contributed by atoms with Gasteiger partial charge in [0.25, 0.3) is 5.91 Å². The molecule has 0 aliphatic carbocycles. The lowest BCUT2D eigenvalue weighted by atomic mass is 10.1. The summed E-state index contributed by atoms with van der Waals surface area (Å²) in [5.41, 5.74) is 3.74. The quantitative estimate of drug-likeness (QED) is 0.758. The second-order valence-electron chi connectivity index (χ2n) is 5.59. The molecule has 5 heteroatoms. The summed E-state index contributed by atoms with van der Waals surface area (Å²) in [6, 6.07) is 9.64. The summed E-state index contributed by atoms with van der Waals surface area (Å²) < 4.78 is 2.01. The van der Waals surface area contributed by atoms with Crippen molar-refractivity contribution >= 4 is 5.91 Å². The minimum absolute atomic E-state index is 0.0763. The van der Waals surface area contributed by atoms with Crippen molar-refractivity contribution in [2.75, 3.05) is 0 Å². The van der Waals surface area contributed by atoms with Crippen molar-refractivity contribution in [2.24, 2.45) is 0 Å². The Morgan fingerprint density at radius 2 is 1.96 bits per heavy atom. The van der Waals surface area contributed by atoms with Crippen LogP contribution in [-0.4, -0.2) is 20.4 Å². The van der Waals surface area contributed by atoms with Gasteiger partial charge in [0.1, 0.15) is 5.69 Å². The SMILES string of the molecule is CCCn1cc(-c2ccncc2)cc1C(=O)NCc1cccnc1. The van der Waals surface area contributed by atoms with Gasteiger partial charge in [0.05, 0.1) is 0 Å². The molecular weight excluding hydrogens is 300 g/mol. The number of hydrogen-bond donors (Lipinski definition) is 1. The van der Waals surface area contributed by atoms with Gasteiger partial charge in [0.2, 0.25) is 0 Å². The molecule has 5 nitrogen and oxygen atoms in total. The Bertz CT molecular complexity index is 797. The van der Waals surface area contributed by atoms with Crippen molar-refractivity contribution in [1.82, 2.24) is 19.9 Å². The highest BCUT2D eigenvalue weighted by Gasteiger charge is 2.14. The van der Waals surface area contributed by atoms with E-state index in [1.807, 2.05) is 41.1 Å². The van der Waals surface area contributed by atoms with Crippen molar-refractivity contribution in [3.8, 4) is 11.1 Å². The number of nitrogens with one attached hydrogen (secondary N) is 1. The largest absolute Gasteiger partial charge is 0.347 e. The molecule has 0 fully saturated rings. The van der Waals surface area contributed by atoms with E-state index in [0.29, 0.717) is 12.2 Å². The van der Waals surface area contributed by atoms with Crippen LogP contribution in [0.5, 0.6) is 0 Å². The van der Waals surface area contributed by atoms with E-state index in [1.165, 1.54) is 0 Å². The van der Waals surface area contributed by atoms with Crippen LogP contribution in [0.1, 0.15) is 29.4 Å². The van der Waals surface area contributed by atoms with Crippen LogP contribution in [0.15, 0.2) is 61.3 Å². The maximum Gasteiger partial charge on any atom is 0.268 e. The van der Waals surface area contributed by atoms with Crippen LogP contribution in [0, 0.1) is 0 Å². The number of carbonyl (C=O) groups excluding carboxylic acids is 1. The third-order valence-electron chi connectivity index (χ3n) is 3.78. The van der Waals surface area contributed by atoms with Crippen LogP contribution in [0.3, 0.4) is 0 Å². The molecule has 1 amide bonds. The molecule has 0 aromatic carbocycles. The molecule has 0 bridgehead atoms. The molecule has 3 rings (SSSR count). The highest BCUT2D eigenvalue weighted by atomic mass is 16.1. The fourth-order valence-electron chi connectivity index (χ4n) is 2.60. The van der Waals surface area contributed by atoms with Gasteiger partial charge in [-0.15, -0.1) is 0 Å². The minimum atomic E-state index is -0.0763. The van der Waals surface area contributed by atoms with Gasteiger partial charge in [-0.3, -0.25) is 14.8 Å². The van der Waals surface area contributed by atoms with Gasteiger partial charge in [-0.1, -0.05) is 13.0 Å². The summed E-state index contributed by atoms with van der Waals surface area (Å²) in [5.74, 6) is -0.0763. The highest BCUT2D eigenvalue weighted by Crippen LogP contribution is 2.22. The normalized spacial score (nSPS) is 10.5. The molecule has 3 heterocycles. The van der Waals surface area contributed by atoms with Gasteiger partial charge >= 0.3 is 0 Å². The fraction of sp³-hybridized carbons (Fsp3) is 0.211. The molecule has 0 aliphatic heterocycles. The van der Waals surface area contributed by atoms with E-state index in [1.54, 1.807) is 24.8 Å². The molecular formula is C19H20N4O. The predicted molar refractivity (Wildman–Crippen MR) is 93.4 cm³/mol. The predicted octanol–water partition coefficient (Wildman–Crippen LogP) is 3.29. The van der Waals surface area contributed by atoms with Crippen LogP contribution in [0.2, 0.25) is 0 Å². The fourth-order valence-corrected chi connectivity index (χ4v) is 2.60. The maximum atomic E-state index is 12.6. The zero-order valence-electron chi connectivity index (χ0n) is 13.6. The summed E-state index contributed by atoms with van der Waals surface area (Å²) in [5, 5.41) is 2.97. The third-order valence-corrected chi connectivity index (χ3v) is 3.78. The van der Waals surface area contributed by atoms with Gasteiger partial charge in [0.15, 0.2) is 0 Å². The van der Waals surface area contributed by atoms with Gasteiger partial charge in [-0.05, 0) is 41.8 Å². The topological polar surface area (TPSA) is 59.8 Å². The van der Waals surface area contributed by atoms with E-state index >= 15 is 0 Å². The standard InChI is InChI=1S/C19H20N4O/c1-2-10-23-14-17(16-5-8-20-9-6-16)11-18(23)19(24)22-13-15-4-3-7-21-12-15/h3-9,11-12,14H,2,10,13H2,1H3,(H,22,24). The van der Waals surface area contributed by atoms with Crippen molar-refractivity contribution < 1.29 is 4.79 Å². The highest BCUT2D eigenvalue weighted by molar-refractivity contribution is 5.94. The van der Waals surface area contributed by atoms with Crippen molar-refractivity contribution in [1.29, 1.82) is 0 Å². The molecule has 0 radical (unpaired) electrons. The number of aryl methyl sites for hydroxylation is 1. The summed E-state index contributed by atoms with van der Waals surface area (Å²) in [6.45, 7) is 3.37. The Balaban J connectivity index is 1.80. The first-order chi connectivity index (χ1) is 11.8. The van der Waals surface area contributed by atoms with Crippen LogP contribution < -0.4 is 5.32 Å². The second kappa shape index (κ2) is 7.55. The lowest BCUT2D eigenvalue weighted by Crippen LogP contribution is -2.25.